The Hall–Kier alpha value is -3.73. The van der Waals surface area contributed by atoms with E-state index >= 15 is 0 Å². The molecule has 0 radical (unpaired) electrons. The lowest BCUT2D eigenvalue weighted by Gasteiger charge is -2.14. The van der Waals surface area contributed by atoms with Crippen LogP contribution in [-0.4, -0.2) is 32.6 Å². The van der Waals surface area contributed by atoms with Gasteiger partial charge >= 0.3 is 12.1 Å². The molecule has 1 aromatic carbocycles. The number of alkyl halides is 3. The fourth-order valence-electron chi connectivity index (χ4n) is 4.47. The van der Waals surface area contributed by atoms with Crippen LogP contribution in [0.25, 0.3) is 16.9 Å². The number of aromatic nitrogens is 3. The zero-order valence-corrected chi connectivity index (χ0v) is 21.8. The Labute approximate surface area is 220 Å². The number of halogens is 3. The van der Waals surface area contributed by atoms with Gasteiger partial charge in [-0.15, -0.1) is 11.3 Å². The normalized spacial score (nSPS) is 13.6. The minimum absolute atomic E-state index is 0.112. The maximum atomic E-state index is 14.0. The second kappa shape index (κ2) is 9.86. The van der Waals surface area contributed by atoms with Crippen LogP contribution in [0.2, 0.25) is 0 Å². The second-order valence-corrected chi connectivity index (χ2v) is 10.6. The van der Waals surface area contributed by atoms with Gasteiger partial charge in [-0.05, 0) is 58.1 Å². The molecule has 0 fully saturated rings. The van der Waals surface area contributed by atoms with Crippen molar-refractivity contribution in [1.82, 2.24) is 14.6 Å². The minimum atomic E-state index is -4.74. The summed E-state index contributed by atoms with van der Waals surface area (Å²) in [6.07, 6.45) is -1.71. The number of nitrogens with zero attached hydrogens (tertiary/aromatic N) is 3. The van der Waals surface area contributed by atoms with Gasteiger partial charge in [0.25, 0.3) is 5.91 Å². The minimum Gasteiger partial charge on any atom is -0.459 e. The molecular formula is C27H25F3N4O3S. The van der Waals surface area contributed by atoms with Gasteiger partial charge in [0, 0.05) is 16.5 Å². The zero-order valence-electron chi connectivity index (χ0n) is 21.0. The van der Waals surface area contributed by atoms with Gasteiger partial charge in [-0.2, -0.15) is 18.3 Å². The van der Waals surface area contributed by atoms with Crippen LogP contribution in [0.15, 0.2) is 36.4 Å². The fraction of sp³-hybridized carbons (Fsp3) is 0.333. The van der Waals surface area contributed by atoms with E-state index < -0.39 is 23.7 Å². The largest absolute Gasteiger partial charge is 0.459 e. The van der Waals surface area contributed by atoms with Gasteiger partial charge in [0.05, 0.1) is 17.4 Å². The van der Waals surface area contributed by atoms with Gasteiger partial charge in [0.2, 0.25) is 0 Å². The number of carbonyl (C=O) groups excluding carboxylic acids is 2. The molecule has 0 aliphatic heterocycles. The molecule has 0 saturated carbocycles. The molecule has 1 amide bonds. The standard InChI is InChI=1S/C27H25F3N4O3S/c1-14(2)37-26(36)23-17-6-4-5-7-20(17)38-25(23)32-24(35)19-13-22-31-18(16-10-8-15(3)9-11-16)12-21(27(28,29)30)34(22)33-19/h8-14H,4-7H2,1-3H3,(H,32,35). The monoisotopic (exact) mass is 542 g/mol. The first-order valence-electron chi connectivity index (χ1n) is 12.2. The third-order valence-electron chi connectivity index (χ3n) is 6.24. The van der Waals surface area contributed by atoms with Crippen molar-refractivity contribution >= 4 is 33.9 Å². The van der Waals surface area contributed by atoms with E-state index in [1.807, 2.05) is 6.92 Å². The molecule has 0 spiro atoms. The molecule has 1 aliphatic rings. The number of rotatable bonds is 5. The molecular weight excluding hydrogens is 517 g/mol. The molecule has 5 rings (SSSR count). The molecule has 0 unspecified atom stereocenters. The van der Waals surface area contributed by atoms with Crippen LogP contribution in [0.5, 0.6) is 0 Å². The van der Waals surface area contributed by atoms with E-state index in [0.29, 0.717) is 27.1 Å². The molecule has 1 aliphatic carbocycles. The van der Waals surface area contributed by atoms with E-state index in [4.69, 9.17) is 4.74 Å². The summed E-state index contributed by atoms with van der Waals surface area (Å²) in [5, 5.41) is 6.96. The number of hydrogen-bond acceptors (Lipinski definition) is 6. The summed E-state index contributed by atoms with van der Waals surface area (Å²) in [5.74, 6) is -1.27. The van der Waals surface area contributed by atoms with Gasteiger partial charge < -0.3 is 10.1 Å². The molecule has 0 atom stereocenters. The average Bonchev–Trinajstić information content (AvgIpc) is 3.44. The molecule has 0 saturated heterocycles. The molecule has 11 heteroatoms. The van der Waals surface area contributed by atoms with Gasteiger partial charge in [-0.3, -0.25) is 4.79 Å². The van der Waals surface area contributed by atoms with Crippen LogP contribution in [0.3, 0.4) is 0 Å². The van der Waals surface area contributed by atoms with Gasteiger partial charge in [0.1, 0.15) is 5.00 Å². The first-order chi connectivity index (χ1) is 18.0. The van der Waals surface area contributed by atoms with Crippen molar-refractivity contribution in [3.63, 3.8) is 0 Å². The maximum Gasteiger partial charge on any atom is 0.433 e. The first-order valence-corrected chi connectivity index (χ1v) is 13.0. The summed E-state index contributed by atoms with van der Waals surface area (Å²) in [5.41, 5.74) is 1.33. The number of thiophene rings is 1. The smallest absolute Gasteiger partial charge is 0.433 e. The quantitative estimate of drug-likeness (QED) is 0.292. The highest BCUT2D eigenvalue weighted by molar-refractivity contribution is 7.17. The fourth-order valence-corrected chi connectivity index (χ4v) is 5.74. The highest BCUT2D eigenvalue weighted by atomic mass is 32.1. The Morgan fingerprint density at radius 2 is 1.82 bits per heavy atom. The summed E-state index contributed by atoms with van der Waals surface area (Å²) in [7, 11) is 0. The molecule has 3 heterocycles. The Balaban J connectivity index is 1.54. The Bertz CT molecular complexity index is 1540. The summed E-state index contributed by atoms with van der Waals surface area (Å²) in [6.45, 7) is 5.35. The number of amides is 1. The number of carbonyl (C=O) groups is 2. The van der Waals surface area contributed by atoms with E-state index in [2.05, 4.69) is 15.4 Å². The number of fused-ring (bicyclic) bond motifs is 2. The van der Waals surface area contributed by atoms with Crippen molar-refractivity contribution in [3.8, 4) is 11.3 Å². The predicted molar refractivity (Wildman–Crippen MR) is 138 cm³/mol. The molecule has 198 valence electrons. The van der Waals surface area contributed by atoms with Gasteiger partial charge in [-0.25, -0.2) is 14.3 Å². The van der Waals surface area contributed by atoms with Crippen molar-refractivity contribution in [1.29, 1.82) is 0 Å². The number of benzene rings is 1. The number of ether oxygens (including phenoxy) is 1. The summed E-state index contributed by atoms with van der Waals surface area (Å²) in [6, 6.07) is 9.07. The highest BCUT2D eigenvalue weighted by Gasteiger charge is 2.36. The van der Waals surface area contributed by atoms with Crippen LogP contribution >= 0.6 is 11.3 Å². The first kappa shape index (κ1) is 25.9. The SMILES string of the molecule is Cc1ccc(-c2cc(C(F)(F)F)n3nc(C(=O)Nc4sc5c(c4C(=O)OC(C)C)CCCC5)cc3n2)cc1. The molecule has 1 N–H and O–H groups in total. The lowest BCUT2D eigenvalue weighted by atomic mass is 9.95. The van der Waals surface area contributed by atoms with Crippen LogP contribution in [0.4, 0.5) is 18.2 Å². The van der Waals surface area contributed by atoms with Crippen molar-refractivity contribution in [3.05, 3.63) is 69.4 Å². The Morgan fingerprint density at radius 3 is 2.50 bits per heavy atom. The van der Waals surface area contributed by atoms with Crippen molar-refractivity contribution < 1.29 is 27.5 Å². The predicted octanol–water partition coefficient (Wildman–Crippen LogP) is 6.48. The second-order valence-electron chi connectivity index (χ2n) is 9.51. The molecule has 38 heavy (non-hydrogen) atoms. The third kappa shape index (κ3) is 5.02. The summed E-state index contributed by atoms with van der Waals surface area (Å²) < 4.78 is 48.0. The summed E-state index contributed by atoms with van der Waals surface area (Å²) in [4.78, 5) is 31.4. The average molecular weight is 543 g/mol. The number of esters is 1. The van der Waals surface area contributed by atoms with E-state index in [1.165, 1.54) is 17.4 Å². The van der Waals surface area contributed by atoms with Crippen molar-refractivity contribution in [2.24, 2.45) is 0 Å². The number of hydrogen-bond donors (Lipinski definition) is 1. The zero-order chi connectivity index (χ0) is 27.2. The van der Waals surface area contributed by atoms with Crippen LogP contribution in [0, 0.1) is 6.92 Å². The third-order valence-corrected chi connectivity index (χ3v) is 7.45. The van der Waals surface area contributed by atoms with Crippen molar-refractivity contribution in [2.45, 2.75) is 58.7 Å². The van der Waals surface area contributed by atoms with E-state index in [9.17, 15) is 22.8 Å². The molecule has 3 aromatic heterocycles. The van der Waals surface area contributed by atoms with Gasteiger partial charge in [0.15, 0.2) is 17.0 Å². The summed E-state index contributed by atoms with van der Waals surface area (Å²) >= 11 is 1.29. The lowest BCUT2D eigenvalue weighted by molar-refractivity contribution is -0.142. The Kier molecular flexibility index (Phi) is 6.72. The molecule has 0 bridgehead atoms. The van der Waals surface area contributed by atoms with E-state index in [-0.39, 0.29) is 23.1 Å². The number of nitrogens with one attached hydrogen (secondary N) is 1. The maximum absolute atomic E-state index is 14.0. The van der Waals surface area contributed by atoms with Crippen LogP contribution in [0.1, 0.15) is 69.2 Å². The molecule has 4 aromatic rings. The van der Waals surface area contributed by atoms with E-state index in [1.54, 1.807) is 38.1 Å². The highest BCUT2D eigenvalue weighted by Crippen LogP contribution is 2.39. The lowest BCUT2D eigenvalue weighted by Crippen LogP contribution is -2.18. The topological polar surface area (TPSA) is 85.6 Å². The van der Waals surface area contributed by atoms with Gasteiger partial charge in [-0.1, -0.05) is 29.8 Å². The molecule has 7 nitrogen and oxygen atoms in total. The number of aryl methyl sites for hydroxylation is 2. The Morgan fingerprint density at radius 1 is 1.11 bits per heavy atom. The van der Waals surface area contributed by atoms with Crippen LogP contribution < -0.4 is 5.32 Å². The van der Waals surface area contributed by atoms with Crippen LogP contribution in [-0.2, 0) is 23.8 Å². The number of anilines is 1. The van der Waals surface area contributed by atoms with Crippen molar-refractivity contribution in [2.75, 3.05) is 5.32 Å². The van der Waals surface area contributed by atoms with E-state index in [0.717, 1.165) is 41.3 Å².